The van der Waals surface area contributed by atoms with Crippen molar-refractivity contribution in [1.82, 2.24) is 10.2 Å². The largest absolute Gasteiger partial charge is 0.480 e. The first-order chi connectivity index (χ1) is 9.72. The van der Waals surface area contributed by atoms with Crippen LogP contribution < -0.4 is 5.32 Å². The number of nitrogens with one attached hydrogen (secondary N) is 1. The van der Waals surface area contributed by atoms with Crippen LogP contribution in [-0.2, 0) is 9.53 Å². The Balaban J connectivity index is 1.82. The van der Waals surface area contributed by atoms with E-state index in [4.69, 9.17) is 4.74 Å². The quantitative estimate of drug-likeness (QED) is 0.741. The molecule has 1 saturated heterocycles. The van der Waals surface area contributed by atoms with Crippen LogP contribution in [0.15, 0.2) is 0 Å². The van der Waals surface area contributed by atoms with E-state index >= 15 is 0 Å². The lowest BCUT2D eigenvalue weighted by Gasteiger charge is -2.44. The molecule has 3 atom stereocenters. The van der Waals surface area contributed by atoms with Crippen LogP contribution in [0.5, 0.6) is 0 Å². The normalized spacial score (nSPS) is 28.9. The van der Waals surface area contributed by atoms with E-state index in [2.05, 4.69) is 17.1 Å². The van der Waals surface area contributed by atoms with E-state index in [1.165, 1.54) is 19.3 Å². The van der Waals surface area contributed by atoms with Crippen LogP contribution in [0.1, 0.15) is 45.4 Å². The molecule has 20 heavy (non-hydrogen) atoms. The number of nitrogens with zero attached hydrogens (tertiary/aromatic N) is 1. The first-order valence-corrected chi connectivity index (χ1v) is 8.04. The SMILES string of the molecule is CCCNC(CCN1CCOC2CCCCC21)C(=O)O. The van der Waals surface area contributed by atoms with Crippen LogP contribution in [0.4, 0.5) is 0 Å². The summed E-state index contributed by atoms with van der Waals surface area (Å²) in [6.07, 6.45) is 6.93. The van der Waals surface area contributed by atoms with Gasteiger partial charge in [0.25, 0.3) is 0 Å². The Morgan fingerprint density at radius 2 is 2.25 bits per heavy atom. The Morgan fingerprint density at radius 1 is 1.45 bits per heavy atom. The zero-order valence-electron chi connectivity index (χ0n) is 12.5. The van der Waals surface area contributed by atoms with Crippen LogP contribution in [-0.4, -0.2) is 60.4 Å². The molecule has 0 aromatic carbocycles. The summed E-state index contributed by atoms with van der Waals surface area (Å²) in [6.45, 7) is 5.42. The van der Waals surface area contributed by atoms with E-state index in [0.717, 1.165) is 39.1 Å². The molecule has 2 N–H and O–H groups in total. The molecule has 116 valence electrons. The van der Waals surface area contributed by atoms with Gasteiger partial charge in [-0.1, -0.05) is 19.8 Å². The van der Waals surface area contributed by atoms with Crippen molar-refractivity contribution < 1.29 is 14.6 Å². The Labute approximate surface area is 121 Å². The molecule has 0 bridgehead atoms. The van der Waals surface area contributed by atoms with Crippen molar-refractivity contribution in [1.29, 1.82) is 0 Å². The average molecular weight is 284 g/mol. The zero-order valence-corrected chi connectivity index (χ0v) is 12.5. The van der Waals surface area contributed by atoms with Crippen LogP contribution in [0, 0.1) is 0 Å². The Kier molecular flexibility index (Phi) is 6.26. The van der Waals surface area contributed by atoms with Gasteiger partial charge >= 0.3 is 5.97 Å². The zero-order chi connectivity index (χ0) is 14.4. The predicted octanol–water partition coefficient (Wildman–Crippen LogP) is 1.47. The first kappa shape index (κ1) is 15.7. The number of aliphatic carboxylic acids is 1. The highest BCUT2D eigenvalue weighted by Gasteiger charge is 2.34. The maximum absolute atomic E-state index is 11.3. The highest BCUT2D eigenvalue weighted by molar-refractivity contribution is 5.73. The third kappa shape index (κ3) is 4.17. The fourth-order valence-corrected chi connectivity index (χ4v) is 3.38. The smallest absolute Gasteiger partial charge is 0.320 e. The molecule has 5 heteroatoms. The van der Waals surface area contributed by atoms with Gasteiger partial charge in [0.15, 0.2) is 0 Å². The van der Waals surface area contributed by atoms with Gasteiger partial charge in [-0.2, -0.15) is 0 Å². The summed E-state index contributed by atoms with van der Waals surface area (Å²) in [6, 6.07) is 0.0953. The maximum Gasteiger partial charge on any atom is 0.320 e. The minimum atomic E-state index is -0.730. The number of carboxylic acid groups (broad SMARTS) is 1. The number of rotatable bonds is 7. The number of fused-ring (bicyclic) bond motifs is 1. The third-order valence-corrected chi connectivity index (χ3v) is 4.49. The van der Waals surface area contributed by atoms with Crippen molar-refractivity contribution in [3.63, 3.8) is 0 Å². The second-order valence-corrected chi connectivity index (χ2v) is 5.93. The molecule has 0 aromatic heterocycles. The Morgan fingerprint density at radius 3 is 3.00 bits per heavy atom. The van der Waals surface area contributed by atoms with Gasteiger partial charge in [-0.15, -0.1) is 0 Å². The lowest BCUT2D eigenvalue weighted by molar-refractivity contribution is -0.140. The van der Waals surface area contributed by atoms with Crippen molar-refractivity contribution in [2.24, 2.45) is 0 Å². The molecule has 0 amide bonds. The summed E-state index contributed by atoms with van der Waals surface area (Å²) in [4.78, 5) is 13.7. The van der Waals surface area contributed by atoms with Gasteiger partial charge in [0, 0.05) is 19.1 Å². The second-order valence-electron chi connectivity index (χ2n) is 5.93. The number of hydrogen-bond acceptors (Lipinski definition) is 4. The van der Waals surface area contributed by atoms with E-state index in [1.807, 2.05) is 0 Å². The molecule has 1 aliphatic carbocycles. The number of carbonyl (C=O) groups is 1. The summed E-state index contributed by atoms with van der Waals surface area (Å²) in [5, 5.41) is 12.4. The molecule has 0 radical (unpaired) electrons. The molecule has 2 fully saturated rings. The lowest BCUT2D eigenvalue weighted by Crippen LogP contribution is -2.53. The molecule has 2 rings (SSSR count). The fourth-order valence-electron chi connectivity index (χ4n) is 3.38. The molecule has 1 aliphatic heterocycles. The topological polar surface area (TPSA) is 61.8 Å². The first-order valence-electron chi connectivity index (χ1n) is 8.04. The Hall–Kier alpha value is -0.650. The summed E-state index contributed by atoms with van der Waals surface area (Å²) >= 11 is 0. The summed E-state index contributed by atoms with van der Waals surface area (Å²) in [5.41, 5.74) is 0. The van der Waals surface area contributed by atoms with Crippen molar-refractivity contribution in [2.45, 2.75) is 63.6 Å². The van der Waals surface area contributed by atoms with E-state index < -0.39 is 12.0 Å². The van der Waals surface area contributed by atoms with Crippen molar-refractivity contribution in [3.8, 4) is 0 Å². The van der Waals surface area contributed by atoms with Gasteiger partial charge < -0.3 is 15.2 Å². The molecule has 2 aliphatic rings. The molecule has 1 heterocycles. The van der Waals surface area contributed by atoms with Crippen LogP contribution in [0.2, 0.25) is 0 Å². The minimum Gasteiger partial charge on any atom is -0.480 e. The number of morpholine rings is 1. The summed E-state index contributed by atoms with van der Waals surface area (Å²) < 4.78 is 5.86. The van der Waals surface area contributed by atoms with Crippen LogP contribution >= 0.6 is 0 Å². The Bertz CT molecular complexity index is 309. The molecule has 0 spiro atoms. The van der Waals surface area contributed by atoms with Gasteiger partial charge in [-0.05, 0) is 32.2 Å². The van der Waals surface area contributed by atoms with Crippen LogP contribution in [0.3, 0.4) is 0 Å². The molecule has 5 nitrogen and oxygen atoms in total. The second kappa shape index (κ2) is 7.96. The van der Waals surface area contributed by atoms with Gasteiger partial charge in [0.1, 0.15) is 6.04 Å². The highest BCUT2D eigenvalue weighted by Crippen LogP contribution is 2.28. The number of carboxylic acids is 1. The number of ether oxygens (including phenoxy) is 1. The predicted molar refractivity (Wildman–Crippen MR) is 77.9 cm³/mol. The van der Waals surface area contributed by atoms with Crippen molar-refractivity contribution >= 4 is 5.97 Å². The molecular formula is C15H28N2O3. The van der Waals surface area contributed by atoms with E-state index in [0.29, 0.717) is 18.6 Å². The third-order valence-electron chi connectivity index (χ3n) is 4.49. The van der Waals surface area contributed by atoms with Gasteiger partial charge in [0.05, 0.1) is 12.7 Å². The lowest BCUT2D eigenvalue weighted by atomic mass is 9.90. The highest BCUT2D eigenvalue weighted by atomic mass is 16.5. The number of hydrogen-bond donors (Lipinski definition) is 2. The standard InChI is InChI=1S/C15H28N2O3/c1-2-8-16-12(15(18)19)7-9-17-10-11-20-14-6-4-3-5-13(14)17/h12-14,16H,2-11H2,1H3,(H,18,19). The fraction of sp³-hybridized carbons (Fsp3) is 0.933. The molecule has 3 unspecified atom stereocenters. The van der Waals surface area contributed by atoms with E-state index in [1.54, 1.807) is 0 Å². The summed E-state index contributed by atoms with van der Waals surface area (Å²) in [7, 11) is 0. The molecule has 1 saturated carbocycles. The van der Waals surface area contributed by atoms with Crippen molar-refractivity contribution in [3.05, 3.63) is 0 Å². The summed E-state index contributed by atoms with van der Waals surface area (Å²) in [5.74, 6) is -0.730. The van der Waals surface area contributed by atoms with E-state index in [9.17, 15) is 9.90 Å². The van der Waals surface area contributed by atoms with E-state index in [-0.39, 0.29) is 0 Å². The maximum atomic E-state index is 11.3. The van der Waals surface area contributed by atoms with Gasteiger partial charge in [0.2, 0.25) is 0 Å². The average Bonchev–Trinajstić information content (AvgIpc) is 2.47. The van der Waals surface area contributed by atoms with Gasteiger partial charge in [-0.3, -0.25) is 9.69 Å². The minimum absolute atomic E-state index is 0.379. The van der Waals surface area contributed by atoms with Crippen LogP contribution in [0.25, 0.3) is 0 Å². The molecular weight excluding hydrogens is 256 g/mol. The molecule has 0 aromatic rings. The van der Waals surface area contributed by atoms with Gasteiger partial charge in [-0.25, -0.2) is 0 Å². The van der Waals surface area contributed by atoms with Crippen molar-refractivity contribution in [2.75, 3.05) is 26.2 Å². The monoisotopic (exact) mass is 284 g/mol.